The lowest BCUT2D eigenvalue weighted by atomic mass is 10.2. The summed E-state index contributed by atoms with van der Waals surface area (Å²) in [6.45, 7) is 0. The lowest BCUT2D eigenvalue weighted by Gasteiger charge is -2.12. The minimum atomic E-state index is -0.940. The molecule has 0 radical (unpaired) electrons. The Labute approximate surface area is 74.2 Å². The highest BCUT2D eigenvalue weighted by atomic mass is 32.2. The van der Waals surface area contributed by atoms with Gasteiger partial charge < -0.3 is 4.74 Å². The van der Waals surface area contributed by atoms with Crippen molar-refractivity contribution in [2.75, 3.05) is 12.9 Å². The number of hydrogen-bond acceptors (Lipinski definition) is 3. The van der Waals surface area contributed by atoms with E-state index in [4.69, 9.17) is 0 Å². The summed E-state index contributed by atoms with van der Waals surface area (Å²) >= 11 is 0. The summed E-state index contributed by atoms with van der Waals surface area (Å²) in [7, 11) is 0.385. The Bertz CT molecular complexity index is 232. The second-order valence-electron chi connectivity index (χ2n) is 2.64. The Morgan fingerprint density at radius 3 is 2.92 bits per heavy atom. The van der Waals surface area contributed by atoms with Crippen LogP contribution in [0, 0.1) is 0 Å². The van der Waals surface area contributed by atoms with E-state index in [0.29, 0.717) is 5.75 Å². The van der Waals surface area contributed by atoms with Crippen LogP contribution in [0.2, 0.25) is 0 Å². The molecule has 1 rings (SSSR count). The van der Waals surface area contributed by atoms with Gasteiger partial charge in [-0.25, -0.2) is 4.79 Å². The quantitative estimate of drug-likeness (QED) is 0.455. The van der Waals surface area contributed by atoms with Crippen molar-refractivity contribution in [1.29, 1.82) is 0 Å². The molecule has 1 heterocycles. The van der Waals surface area contributed by atoms with Crippen molar-refractivity contribution >= 4 is 16.8 Å². The molecule has 1 unspecified atom stereocenters. The fraction of sp³-hybridized carbons (Fsp3) is 0.625. The molecule has 12 heavy (non-hydrogen) atoms. The highest BCUT2D eigenvalue weighted by Crippen LogP contribution is 2.19. The SMILES string of the molecule is COC(=O)/C=C1\CCCCS1=O. The highest BCUT2D eigenvalue weighted by Gasteiger charge is 2.14. The molecule has 1 aliphatic heterocycles. The normalized spacial score (nSPS) is 27.1. The Morgan fingerprint density at radius 1 is 1.58 bits per heavy atom. The van der Waals surface area contributed by atoms with Gasteiger partial charge in [0.1, 0.15) is 0 Å². The average molecular weight is 188 g/mol. The molecule has 68 valence electrons. The number of carbonyl (C=O) groups is 1. The number of methoxy groups -OCH3 is 1. The Hall–Kier alpha value is -0.640. The van der Waals surface area contributed by atoms with Crippen LogP contribution in [0.5, 0.6) is 0 Å². The summed E-state index contributed by atoms with van der Waals surface area (Å²) < 4.78 is 15.7. The van der Waals surface area contributed by atoms with Crippen LogP contribution in [-0.2, 0) is 20.3 Å². The molecule has 3 nitrogen and oxygen atoms in total. The largest absolute Gasteiger partial charge is 0.466 e. The van der Waals surface area contributed by atoms with E-state index >= 15 is 0 Å². The third-order valence-corrected chi connectivity index (χ3v) is 3.34. The standard InChI is InChI=1S/C8H12O3S/c1-11-8(9)6-7-4-2-3-5-12(7)10/h6H,2-5H2,1H3/b7-6+. The van der Waals surface area contributed by atoms with Gasteiger partial charge in [-0.2, -0.15) is 0 Å². The fourth-order valence-corrected chi connectivity index (χ4v) is 2.43. The summed E-state index contributed by atoms with van der Waals surface area (Å²) in [4.78, 5) is 11.5. The van der Waals surface area contributed by atoms with Crippen LogP contribution in [0.25, 0.3) is 0 Å². The predicted octanol–water partition coefficient (Wildman–Crippen LogP) is 0.976. The molecule has 0 bridgehead atoms. The summed E-state index contributed by atoms with van der Waals surface area (Å²) in [5, 5.41) is 0. The van der Waals surface area contributed by atoms with Crippen LogP contribution in [0.4, 0.5) is 0 Å². The van der Waals surface area contributed by atoms with Crippen LogP contribution in [-0.4, -0.2) is 23.0 Å². The van der Waals surface area contributed by atoms with Gasteiger partial charge in [0.2, 0.25) is 0 Å². The molecule has 0 aromatic heterocycles. The molecule has 1 saturated heterocycles. The highest BCUT2D eigenvalue weighted by molar-refractivity contribution is 7.89. The van der Waals surface area contributed by atoms with E-state index in [1.54, 1.807) is 0 Å². The summed E-state index contributed by atoms with van der Waals surface area (Å²) in [6.07, 6.45) is 4.14. The number of rotatable bonds is 1. The summed E-state index contributed by atoms with van der Waals surface area (Å²) in [5.74, 6) is 0.281. The summed E-state index contributed by atoms with van der Waals surface area (Å²) in [6, 6.07) is 0. The molecule has 0 aliphatic carbocycles. The van der Waals surface area contributed by atoms with Crippen molar-refractivity contribution in [3.63, 3.8) is 0 Å². The molecule has 0 aromatic carbocycles. The van der Waals surface area contributed by atoms with Crippen LogP contribution in [0.3, 0.4) is 0 Å². The number of allylic oxidation sites excluding steroid dienone is 1. The van der Waals surface area contributed by atoms with Crippen molar-refractivity contribution in [2.24, 2.45) is 0 Å². The van der Waals surface area contributed by atoms with Crippen LogP contribution >= 0.6 is 0 Å². The predicted molar refractivity (Wildman–Crippen MR) is 47.0 cm³/mol. The third-order valence-electron chi connectivity index (χ3n) is 1.78. The van der Waals surface area contributed by atoms with Gasteiger partial charge in [0, 0.05) is 27.5 Å². The van der Waals surface area contributed by atoms with E-state index in [2.05, 4.69) is 4.74 Å². The van der Waals surface area contributed by atoms with Gasteiger partial charge in [-0.1, -0.05) is 0 Å². The Kier molecular flexibility index (Phi) is 3.47. The average Bonchev–Trinajstić information content (AvgIpc) is 2.09. The van der Waals surface area contributed by atoms with Gasteiger partial charge in [0.25, 0.3) is 0 Å². The van der Waals surface area contributed by atoms with E-state index in [1.165, 1.54) is 13.2 Å². The molecule has 1 fully saturated rings. The minimum Gasteiger partial charge on any atom is -0.466 e. The van der Waals surface area contributed by atoms with E-state index in [0.717, 1.165) is 24.2 Å². The van der Waals surface area contributed by atoms with Crippen LogP contribution in [0.15, 0.2) is 11.0 Å². The van der Waals surface area contributed by atoms with Crippen molar-refractivity contribution in [3.8, 4) is 0 Å². The maximum atomic E-state index is 11.3. The number of carbonyl (C=O) groups excluding carboxylic acids is 1. The van der Waals surface area contributed by atoms with Crippen molar-refractivity contribution in [3.05, 3.63) is 11.0 Å². The fourth-order valence-electron chi connectivity index (χ4n) is 1.11. The molecule has 0 amide bonds. The molecular weight excluding hydrogens is 176 g/mol. The van der Waals surface area contributed by atoms with Crippen molar-refractivity contribution < 1.29 is 13.7 Å². The smallest absolute Gasteiger partial charge is 0.331 e. The van der Waals surface area contributed by atoms with E-state index in [1.807, 2.05) is 0 Å². The molecule has 4 heteroatoms. The number of ether oxygens (including phenoxy) is 1. The first kappa shape index (κ1) is 9.45. The Morgan fingerprint density at radius 2 is 2.33 bits per heavy atom. The first-order valence-corrected chi connectivity index (χ1v) is 5.23. The molecule has 1 atom stereocenters. The Balaban J connectivity index is 2.65. The topological polar surface area (TPSA) is 43.4 Å². The molecular formula is C8H12O3S. The summed E-state index contributed by atoms with van der Waals surface area (Å²) in [5.41, 5.74) is 0. The third kappa shape index (κ3) is 2.44. The zero-order valence-electron chi connectivity index (χ0n) is 7.04. The van der Waals surface area contributed by atoms with Gasteiger partial charge >= 0.3 is 5.97 Å². The van der Waals surface area contributed by atoms with Gasteiger partial charge in [0.15, 0.2) is 0 Å². The second kappa shape index (κ2) is 4.40. The first-order chi connectivity index (χ1) is 5.74. The molecule has 0 aromatic rings. The van der Waals surface area contributed by atoms with Gasteiger partial charge in [-0.3, -0.25) is 4.21 Å². The zero-order chi connectivity index (χ0) is 8.97. The van der Waals surface area contributed by atoms with E-state index in [-0.39, 0.29) is 0 Å². The minimum absolute atomic E-state index is 0.403. The monoisotopic (exact) mass is 188 g/mol. The van der Waals surface area contributed by atoms with Crippen LogP contribution in [0.1, 0.15) is 19.3 Å². The zero-order valence-corrected chi connectivity index (χ0v) is 7.86. The molecule has 1 aliphatic rings. The van der Waals surface area contributed by atoms with Crippen molar-refractivity contribution in [1.82, 2.24) is 0 Å². The second-order valence-corrected chi connectivity index (χ2v) is 4.26. The maximum absolute atomic E-state index is 11.3. The van der Waals surface area contributed by atoms with Gasteiger partial charge in [-0.15, -0.1) is 0 Å². The lowest BCUT2D eigenvalue weighted by Crippen LogP contribution is -2.09. The van der Waals surface area contributed by atoms with E-state index in [9.17, 15) is 9.00 Å². The van der Waals surface area contributed by atoms with Gasteiger partial charge in [0.05, 0.1) is 7.11 Å². The van der Waals surface area contributed by atoms with Gasteiger partial charge in [-0.05, 0) is 19.3 Å². The lowest BCUT2D eigenvalue weighted by molar-refractivity contribution is -0.134. The molecule has 0 spiro atoms. The molecule has 0 saturated carbocycles. The number of hydrogen-bond donors (Lipinski definition) is 0. The van der Waals surface area contributed by atoms with E-state index < -0.39 is 16.8 Å². The number of esters is 1. The van der Waals surface area contributed by atoms with Crippen molar-refractivity contribution in [2.45, 2.75) is 19.3 Å². The maximum Gasteiger partial charge on any atom is 0.331 e. The molecule has 0 N–H and O–H groups in total. The first-order valence-electron chi connectivity index (χ1n) is 3.91. The van der Waals surface area contributed by atoms with Crippen LogP contribution < -0.4 is 0 Å².